The fraction of sp³-hybridized carbons (Fsp3) is 1.00. The lowest BCUT2D eigenvalue weighted by atomic mass is 10.0. The summed E-state index contributed by atoms with van der Waals surface area (Å²) in [6.07, 6.45) is 0.799. The van der Waals surface area contributed by atoms with E-state index < -0.39 is 15.3 Å². The second kappa shape index (κ2) is 6.16. The Labute approximate surface area is 107 Å². The summed E-state index contributed by atoms with van der Waals surface area (Å²) in [4.78, 5) is 0. The first-order valence-corrected chi connectivity index (χ1v) is 7.77. The molecule has 0 aliphatic heterocycles. The maximum Gasteiger partial charge on any atom is 0.218 e. The molecule has 0 amide bonds. The van der Waals surface area contributed by atoms with E-state index in [4.69, 9.17) is 0 Å². The van der Waals surface area contributed by atoms with Gasteiger partial charge in [-0.1, -0.05) is 20.8 Å². The Hall–Kier alpha value is -0.130. The van der Waals surface area contributed by atoms with E-state index in [-0.39, 0.29) is 5.54 Å². The molecule has 0 radical (unpaired) electrons. The van der Waals surface area contributed by atoms with Crippen molar-refractivity contribution in [2.45, 2.75) is 64.8 Å². The summed E-state index contributed by atoms with van der Waals surface area (Å²) in [5.41, 5.74) is -0.328. The van der Waals surface area contributed by atoms with Crippen LogP contribution in [0.4, 0.5) is 0 Å². The number of nitrogens with one attached hydrogen (secondary N) is 1. The smallest absolute Gasteiger partial charge is 0.218 e. The minimum absolute atomic E-state index is 0.303. The molecule has 0 heterocycles. The van der Waals surface area contributed by atoms with E-state index in [0.29, 0.717) is 12.6 Å². The normalized spacial score (nSPS) is 15.6. The van der Waals surface area contributed by atoms with Crippen molar-refractivity contribution in [1.29, 1.82) is 0 Å². The molecule has 17 heavy (non-hydrogen) atoms. The van der Waals surface area contributed by atoms with Crippen LogP contribution in [-0.2, 0) is 10.0 Å². The van der Waals surface area contributed by atoms with E-state index in [1.54, 1.807) is 14.0 Å². The second-order valence-electron chi connectivity index (χ2n) is 5.55. The van der Waals surface area contributed by atoms with E-state index in [0.717, 1.165) is 6.42 Å². The SMILES string of the molecule is CCC(C)(C)N(C)S(=O)(=O)C(C)CNC(C)C. The van der Waals surface area contributed by atoms with Crippen molar-refractivity contribution in [3.8, 4) is 0 Å². The average Bonchev–Trinajstić information content (AvgIpc) is 2.24. The van der Waals surface area contributed by atoms with Crippen LogP contribution >= 0.6 is 0 Å². The molecule has 1 unspecified atom stereocenters. The van der Waals surface area contributed by atoms with Crippen molar-refractivity contribution < 1.29 is 8.42 Å². The van der Waals surface area contributed by atoms with Crippen LogP contribution in [0.2, 0.25) is 0 Å². The van der Waals surface area contributed by atoms with E-state index in [9.17, 15) is 8.42 Å². The number of nitrogens with zero attached hydrogens (tertiary/aromatic N) is 1. The lowest BCUT2D eigenvalue weighted by molar-refractivity contribution is 0.254. The predicted molar refractivity (Wildman–Crippen MR) is 73.7 cm³/mol. The summed E-state index contributed by atoms with van der Waals surface area (Å²) in [6.45, 7) is 12.2. The van der Waals surface area contributed by atoms with Gasteiger partial charge in [0, 0.05) is 25.2 Å². The molecule has 0 saturated carbocycles. The largest absolute Gasteiger partial charge is 0.313 e. The van der Waals surface area contributed by atoms with Gasteiger partial charge in [0.1, 0.15) is 0 Å². The van der Waals surface area contributed by atoms with Crippen molar-refractivity contribution >= 4 is 10.0 Å². The molecular formula is C12H28N2O2S. The van der Waals surface area contributed by atoms with Gasteiger partial charge >= 0.3 is 0 Å². The third kappa shape index (κ3) is 4.56. The van der Waals surface area contributed by atoms with Gasteiger partial charge in [-0.15, -0.1) is 0 Å². The predicted octanol–water partition coefficient (Wildman–Crippen LogP) is 1.82. The number of rotatable bonds is 7. The highest BCUT2D eigenvalue weighted by atomic mass is 32.2. The zero-order valence-electron chi connectivity index (χ0n) is 12.2. The highest BCUT2D eigenvalue weighted by Gasteiger charge is 2.34. The molecule has 0 aromatic heterocycles. The van der Waals surface area contributed by atoms with Gasteiger partial charge in [0.05, 0.1) is 5.25 Å². The molecule has 5 heteroatoms. The minimum atomic E-state index is -3.23. The van der Waals surface area contributed by atoms with Crippen molar-refractivity contribution in [2.24, 2.45) is 0 Å². The summed E-state index contributed by atoms with van der Waals surface area (Å²) in [5, 5.41) is 2.77. The molecular weight excluding hydrogens is 236 g/mol. The van der Waals surface area contributed by atoms with E-state index in [1.165, 1.54) is 4.31 Å². The van der Waals surface area contributed by atoms with Gasteiger partial charge in [-0.05, 0) is 27.2 Å². The zero-order valence-corrected chi connectivity index (χ0v) is 13.1. The maximum absolute atomic E-state index is 12.3. The maximum atomic E-state index is 12.3. The summed E-state index contributed by atoms with van der Waals surface area (Å²) in [6, 6.07) is 0.303. The van der Waals surface area contributed by atoms with Crippen LogP contribution in [0.25, 0.3) is 0 Å². The van der Waals surface area contributed by atoms with Gasteiger partial charge in [0.2, 0.25) is 10.0 Å². The third-order valence-corrected chi connectivity index (χ3v) is 5.86. The second-order valence-corrected chi connectivity index (χ2v) is 7.93. The molecule has 0 rings (SSSR count). The number of sulfonamides is 1. The van der Waals surface area contributed by atoms with E-state index in [2.05, 4.69) is 5.32 Å². The van der Waals surface area contributed by atoms with Crippen LogP contribution in [0.15, 0.2) is 0 Å². The third-order valence-electron chi connectivity index (χ3n) is 3.42. The Morgan fingerprint density at radius 3 is 2.06 bits per heavy atom. The van der Waals surface area contributed by atoms with Crippen LogP contribution in [0, 0.1) is 0 Å². The number of hydrogen-bond donors (Lipinski definition) is 1. The van der Waals surface area contributed by atoms with Crippen LogP contribution in [0.1, 0.15) is 48.0 Å². The van der Waals surface area contributed by atoms with E-state index >= 15 is 0 Å². The molecule has 0 aromatic carbocycles. The Balaban J connectivity index is 4.78. The molecule has 104 valence electrons. The van der Waals surface area contributed by atoms with Crippen molar-refractivity contribution in [1.82, 2.24) is 9.62 Å². The van der Waals surface area contributed by atoms with Gasteiger partial charge in [-0.25, -0.2) is 8.42 Å². The first-order valence-electron chi connectivity index (χ1n) is 6.27. The topological polar surface area (TPSA) is 49.4 Å². The molecule has 0 bridgehead atoms. The average molecular weight is 264 g/mol. The molecule has 0 saturated heterocycles. The number of hydrogen-bond acceptors (Lipinski definition) is 3. The highest BCUT2D eigenvalue weighted by molar-refractivity contribution is 7.89. The van der Waals surface area contributed by atoms with Crippen molar-refractivity contribution in [2.75, 3.05) is 13.6 Å². The lowest BCUT2D eigenvalue weighted by Gasteiger charge is -2.35. The summed E-state index contributed by atoms with van der Waals surface area (Å²) in [5.74, 6) is 0. The molecule has 0 fully saturated rings. The standard InChI is InChI=1S/C12H28N2O2S/c1-8-12(5,6)14(7)17(15,16)11(4)9-13-10(2)3/h10-11,13H,8-9H2,1-7H3. The van der Waals surface area contributed by atoms with Crippen LogP contribution < -0.4 is 5.32 Å². The minimum Gasteiger partial charge on any atom is -0.313 e. The molecule has 1 N–H and O–H groups in total. The Morgan fingerprint density at radius 2 is 1.71 bits per heavy atom. The Bertz CT molecular complexity index is 323. The van der Waals surface area contributed by atoms with Crippen LogP contribution in [0.3, 0.4) is 0 Å². The Morgan fingerprint density at radius 1 is 1.24 bits per heavy atom. The molecule has 0 aliphatic carbocycles. The fourth-order valence-corrected chi connectivity index (χ4v) is 3.01. The van der Waals surface area contributed by atoms with E-state index in [1.807, 2.05) is 34.6 Å². The Kier molecular flexibility index (Phi) is 6.11. The molecule has 0 aromatic rings. The summed E-state index contributed by atoms with van der Waals surface area (Å²) < 4.78 is 26.2. The molecule has 4 nitrogen and oxygen atoms in total. The van der Waals surface area contributed by atoms with Crippen molar-refractivity contribution in [3.63, 3.8) is 0 Å². The highest BCUT2D eigenvalue weighted by Crippen LogP contribution is 2.22. The van der Waals surface area contributed by atoms with Gasteiger partial charge in [0.15, 0.2) is 0 Å². The van der Waals surface area contributed by atoms with Gasteiger partial charge in [0.25, 0.3) is 0 Å². The lowest BCUT2D eigenvalue weighted by Crippen LogP contribution is -2.50. The van der Waals surface area contributed by atoms with Crippen LogP contribution in [-0.4, -0.2) is 43.1 Å². The fourth-order valence-electron chi connectivity index (χ4n) is 1.34. The monoisotopic (exact) mass is 264 g/mol. The summed E-state index contributed by atoms with van der Waals surface area (Å²) >= 11 is 0. The van der Waals surface area contributed by atoms with Crippen molar-refractivity contribution in [3.05, 3.63) is 0 Å². The van der Waals surface area contributed by atoms with Crippen LogP contribution in [0.5, 0.6) is 0 Å². The molecule has 1 atom stereocenters. The van der Waals surface area contributed by atoms with Gasteiger partial charge in [-0.2, -0.15) is 4.31 Å². The van der Waals surface area contributed by atoms with Gasteiger partial charge in [-0.3, -0.25) is 0 Å². The van der Waals surface area contributed by atoms with Gasteiger partial charge < -0.3 is 5.32 Å². The first kappa shape index (κ1) is 16.9. The first-order chi connectivity index (χ1) is 7.55. The zero-order chi connectivity index (χ0) is 13.9. The summed E-state index contributed by atoms with van der Waals surface area (Å²) in [7, 11) is -1.56. The molecule has 0 aliphatic rings. The quantitative estimate of drug-likeness (QED) is 0.763. The molecule has 0 spiro atoms.